The van der Waals surface area contributed by atoms with Crippen molar-refractivity contribution in [2.24, 2.45) is 0 Å². The molecule has 0 bridgehead atoms. The molecule has 1 aliphatic rings. The Labute approximate surface area is 108 Å². The van der Waals surface area contributed by atoms with Crippen molar-refractivity contribution in [2.75, 3.05) is 11.9 Å². The minimum atomic E-state index is -0.457. The molecular weight excluding hydrogens is 229 g/mol. The third-order valence-corrected chi connectivity index (χ3v) is 3.51. The normalized spacial score (nSPS) is 21.1. The predicted octanol–water partition coefficient (Wildman–Crippen LogP) is 1.21. The molecule has 0 aromatic carbocycles. The van der Waals surface area contributed by atoms with Gasteiger partial charge in [0.1, 0.15) is 5.82 Å². The Bertz CT molecular complexity index is 421. The molecule has 98 valence electrons. The lowest BCUT2D eigenvalue weighted by molar-refractivity contribution is 0.00578. The maximum atomic E-state index is 5.93. The summed E-state index contributed by atoms with van der Waals surface area (Å²) in [5.74, 6) is 0.740. The van der Waals surface area contributed by atoms with Crippen LogP contribution in [0.5, 0.6) is 0 Å². The van der Waals surface area contributed by atoms with Gasteiger partial charge in [-0.2, -0.15) is 0 Å². The van der Waals surface area contributed by atoms with Crippen molar-refractivity contribution in [1.29, 1.82) is 0 Å². The summed E-state index contributed by atoms with van der Waals surface area (Å²) < 4.78 is 11.9. The van der Waals surface area contributed by atoms with Crippen LogP contribution in [0.15, 0.2) is 12.4 Å². The molecule has 0 amide bonds. The molecule has 5 nitrogen and oxygen atoms in total. The quantitative estimate of drug-likeness (QED) is 0.816. The van der Waals surface area contributed by atoms with Gasteiger partial charge in [-0.1, -0.05) is 0 Å². The molecule has 1 aliphatic heterocycles. The molecule has 1 fully saturated rings. The summed E-state index contributed by atoms with van der Waals surface area (Å²) in [5.41, 5.74) is -0.00625. The van der Waals surface area contributed by atoms with Gasteiger partial charge in [-0.25, -0.2) is 4.98 Å². The number of rotatable bonds is 3. The number of nitrogens with one attached hydrogen (secondary N) is 1. The molecule has 1 saturated heterocycles. The number of anilines is 1. The Balaban J connectivity index is 2.21. The third-order valence-electron chi connectivity index (χ3n) is 3.51. The first-order valence-corrected chi connectivity index (χ1v) is 6.27. The van der Waals surface area contributed by atoms with E-state index < -0.39 is 7.12 Å². The summed E-state index contributed by atoms with van der Waals surface area (Å²) in [5, 5.41) is 3.13. The van der Waals surface area contributed by atoms with E-state index in [1.807, 2.05) is 34.6 Å². The van der Waals surface area contributed by atoms with Gasteiger partial charge in [0, 0.05) is 12.7 Å². The molecule has 0 spiro atoms. The molecule has 1 N–H and O–H groups in total. The Morgan fingerprint density at radius 1 is 1.17 bits per heavy atom. The van der Waals surface area contributed by atoms with Crippen LogP contribution in [-0.2, 0) is 9.31 Å². The first kappa shape index (κ1) is 13.3. The van der Waals surface area contributed by atoms with E-state index in [4.69, 9.17) is 9.31 Å². The number of nitrogens with zero attached hydrogens (tertiary/aromatic N) is 2. The molecule has 1 aromatic heterocycles. The first-order chi connectivity index (χ1) is 8.36. The fraction of sp³-hybridized carbons (Fsp3) is 0.667. The van der Waals surface area contributed by atoms with Crippen LogP contribution in [0.4, 0.5) is 5.82 Å². The second-order valence-corrected chi connectivity index (χ2v) is 5.45. The lowest BCUT2D eigenvalue weighted by atomic mass is 9.85. The smallest absolute Gasteiger partial charge is 0.398 e. The van der Waals surface area contributed by atoms with Crippen LogP contribution in [0.1, 0.15) is 34.6 Å². The summed E-state index contributed by atoms with van der Waals surface area (Å²) in [4.78, 5) is 8.61. The van der Waals surface area contributed by atoms with Crippen LogP contribution in [0.3, 0.4) is 0 Å². The van der Waals surface area contributed by atoms with E-state index in [2.05, 4.69) is 15.3 Å². The van der Waals surface area contributed by atoms with Crippen LogP contribution in [0, 0.1) is 0 Å². The Hall–Kier alpha value is -1.14. The summed E-state index contributed by atoms with van der Waals surface area (Å²) in [6, 6.07) is 0. The minimum absolute atomic E-state index is 0.354. The number of aromatic nitrogens is 2. The maximum absolute atomic E-state index is 5.93. The van der Waals surface area contributed by atoms with Gasteiger partial charge < -0.3 is 14.6 Å². The van der Waals surface area contributed by atoms with Crippen molar-refractivity contribution in [3.63, 3.8) is 0 Å². The zero-order valence-corrected chi connectivity index (χ0v) is 11.7. The molecule has 2 rings (SSSR count). The van der Waals surface area contributed by atoms with Gasteiger partial charge in [0.2, 0.25) is 0 Å². The lowest BCUT2D eigenvalue weighted by Gasteiger charge is -2.32. The van der Waals surface area contributed by atoms with Crippen LogP contribution in [0.2, 0.25) is 0 Å². The van der Waals surface area contributed by atoms with Gasteiger partial charge in [-0.05, 0) is 34.6 Å². The van der Waals surface area contributed by atoms with Gasteiger partial charge in [0.15, 0.2) is 0 Å². The van der Waals surface area contributed by atoms with Crippen molar-refractivity contribution < 1.29 is 9.31 Å². The van der Waals surface area contributed by atoms with Crippen molar-refractivity contribution in [2.45, 2.75) is 45.8 Å². The Morgan fingerprint density at radius 3 is 2.33 bits per heavy atom. The molecule has 0 aliphatic carbocycles. The zero-order chi connectivity index (χ0) is 13.4. The average molecular weight is 249 g/mol. The van der Waals surface area contributed by atoms with E-state index in [0.717, 1.165) is 12.4 Å². The van der Waals surface area contributed by atoms with Crippen LogP contribution >= 0.6 is 0 Å². The largest absolute Gasteiger partial charge is 0.516 e. The summed E-state index contributed by atoms with van der Waals surface area (Å²) >= 11 is 0. The van der Waals surface area contributed by atoms with Gasteiger partial charge in [-0.15, -0.1) is 0 Å². The SMILES string of the molecule is CCNc1cncc(B2OC(C)(C)C(C)(C)O2)n1. The van der Waals surface area contributed by atoms with Crippen molar-refractivity contribution in [1.82, 2.24) is 9.97 Å². The van der Waals surface area contributed by atoms with Crippen molar-refractivity contribution in [3.8, 4) is 0 Å². The molecule has 0 radical (unpaired) electrons. The molecule has 6 heteroatoms. The number of hydrogen-bond donors (Lipinski definition) is 1. The average Bonchev–Trinajstić information content (AvgIpc) is 2.49. The molecule has 0 unspecified atom stereocenters. The highest BCUT2D eigenvalue weighted by atomic mass is 16.7. The number of hydrogen-bond acceptors (Lipinski definition) is 5. The van der Waals surface area contributed by atoms with Crippen molar-refractivity contribution in [3.05, 3.63) is 12.4 Å². The van der Waals surface area contributed by atoms with E-state index in [1.165, 1.54) is 0 Å². The minimum Gasteiger partial charge on any atom is -0.398 e. The van der Waals surface area contributed by atoms with E-state index in [-0.39, 0.29) is 11.2 Å². The fourth-order valence-electron chi connectivity index (χ4n) is 1.72. The summed E-state index contributed by atoms with van der Waals surface area (Å²) in [6.07, 6.45) is 3.38. The van der Waals surface area contributed by atoms with Crippen LogP contribution in [-0.4, -0.2) is 34.8 Å². The summed E-state index contributed by atoms with van der Waals surface area (Å²) in [7, 11) is -0.457. The summed E-state index contributed by atoms with van der Waals surface area (Å²) in [6.45, 7) is 10.9. The van der Waals surface area contributed by atoms with E-state index in [0.29, 0.717) is 5.59 Å². The Kier molecular flexibility index (Phi) is 3.34. The van der Waals surface area contributed by atoms with Gasteiger partial charge in [-0.3, -0.25) is 4.98 Å². The van der Waals surface area contributed by atoms with E-state index in [9.17, 15) is 0 Å². The molecular formula is C12H20BN3O2. The van der Waals surface area contributed by atoms with Crippen LogP contribution in [0.25, 0.3) is 0 Å². The molecule has 1 aromatic rings. The topological polar surface area (TPSA) is 56.3 Å². The second kappa shape index (κ2) is 4.51. The lowest BCUT2D eigenvalue weighted by Crippen LogP contribution is -2.41. The van der Waals surface area contributed by atoms with Crippen LogP contribution < -0.4 is 10.9 Å². The van der Waals surface area contributed by atoms with E-state index >= 15 is 0 Å². The highest BCUT2D eigenvalue weighted by Gasteiger charge is 2.52. The standard InChI is InChI=1S/C12H20BN3O2/c1-6-15-10-8-14-7-9(16-10)13-17-11(2,3)12(4,5)18-13/h7-8H,6H2,1-5H3,(H,15,16). The van der Waals surface area contributed by atoms with Gasteiger partial charge in [0.25, 0.3) is 0 Å². The monoisotopic (exact) mass is 249 g/mol. The van der Waals surface area contributed by atoms with Gasteiger partial charge in [0.05, 0.1) is 23.0 Å². The molecule has 18 heavy (non-hydrogen) atoms. The highest BCUT2D eigenvalue weighted by Crippen LogP contribution is 2.36. The third kappa shape index (κ3) is 2.35. The zero-order valence-electron chi connectivity index (χ0n) is 11.7. The maximum Gasteiger partial charge on any atom is 0.516 e. The van der Waals surface area contributed by atoms with Gasteiger partial charge >= 0.3 is 7.12 Å². The first-order valence-electron chi connectivity index (χ1n) is 6.27. The molecule has 0 saturated carbocycles. The predicted molar refractivity (Wildman–Crippen MR) is 71.9 cm³/mol. The Morgan fingerprint density at radius 2 is 1.78 bits per heavy atom. The van der Waals surface area contributed by atoms with E-state index in [1.54, 1.807) is 12.4 Å². The second-order valence-electron chi connectivity index (χ2n) is 5.45. The highest BCUT2D eigenvalue weighted by molar-refractivity contribution is 6.61. The molecule has 2 heterocycles. The van der Waals surface area contributed by atoms with Crippen molar-refractivity contribution >= 4 is 18.5 Å². The molecule has 0 atom stereocenters. The fourth-order valence-corrected chi connectivity index (χ4v) is 1.72.